The van der Waals surface area contributed by atoms with Crippen molar-refractivity contribution >= 4 is 17.5 Å². The van der Waals surface area contributed by atoms with Crippen molar-refractivity contribution in [3.63, 3.8) is 0 Å². The Morgan fingerprint density at radius 2 is 2.08 bits per heavy atom. The zero-order valence-electron chi connectivity index (χ0n) is 13.1. The van der Waals surface area contributed by atoms with Crippen LogP contribution in [0.2, 0.25) is 0 Å². The summed E-state index contributed by atoms with van der Waals surface area (Å²) in [5, 5.41) is 2.93. The molecule has 0 spiro atoms. The molecule has 3 heterocycles. The second kappa shape index (κ2) is 6.05. The topological polar surface area (TPSA) is 71.5 Å². The Balaban J connectivity index is 1.48. The number of amides is 2. The summed E-state index contributed by atoms with van der Waals surface area (Å²) in [6.45, 7) is 0.905. The maximum absolute atomic E-state index is 12.4. The van der Waals surface area contributed by atoms with Gasteiger partial charge in [0, 0.05) is 17.4 Å². The van der Waals surface area contributed by atoms with Gasteiger partial charge in [0.2, 0.25) is 11.8 Å². The highest BCUT2D eigenvalue weighted by Gasteiger charge is 2.30. The molecule has 0 radical (unpaired) electrons. The van der Waals surface area contributed by atoms with E-state index in [0.29, 0.717) is 19.6 Å². The SMILES string of the molecule is O=C(CN1C(=O)Cc2ccccc21)NC1COCc2cccnc21. The number of anilines is 1. The van der Waals surface area contributed by atoms with Gasteiger partial charge in [0.05, 0.1) is 31.4 Å². The van der Waals surface area contributed by atoms with Crippen LogP contribution in [0.25, 0.3) is 0 Å². The van der Waals surface area contributed by atoms with E-state index in [9.17, 15) is 9.59 Å². The number of fused-ring (bicyclic) bond motifs is 2. The lowest BCUT2D eigenvalue weighted by molar-refractivity contribution is -0.124. The molecule has 1 unspecified atom stereocenters. The van der Waals surface area contributed by atoms with Crippen LogP contribution in [0.1, 0.15) is 22.9 Å². The van der Waals surface area contributed by atoms with E-state index in [0.717, 1.165) is 22.5 Å². The fourth-order valence-corrected chi connectivity index (χ4v) is 3.24. The van der Waals surface area contributed by atoms with Gasteiger partial charge >= 0.3 is 0 Å². The van der Waals surface area contributed by atoms with Crippen LogP contribution in [-0.4, -0.2) is 29.9 Å². The van der Waals surface area contributed by atoms with E-state index in [4.69, 9.17) is 4.74 Å². The highest BCUT2D eigenvalue weighted by Crippen LogP contribution is 2.28. The van der Waals surface area contributed by atoms with Crippen molar-refractivity contribution in [2.75, 3.05) is 18.1 Å². The van der Waals surface area contributed by atoms with E-state index < -0.39 is 0 Å². The fourth-order valence-electron chi connectivity index (χ4n) is 3.24. The van der Waals surface area contributed by atoms with E-state index >= 15 is 0 Å². The summed E-state index contributed by atoms with van der Waals surface area (Å²) in [7, 11) is 0. The lowest BCUT2D eigenvalue weighted by Gasteiger charge is -2.26. The Labute approximate surface area is 139 Å². The minimum atomic E-state index is -0.282. The van der Waals surface area contributed by atoms with E-state index in [1.165, 1.54) is 4.90 Å². The molecule has 1 aromatic heterocycles. The average Bonchev–Trinajstić information content (AvgIpc) is 2.91. The van der Waals surface area contributed by atoms with Gasteiger partial charge in [-0.15, -0.1) is 0 Å². The Kier molecular flexibility index (Phi) is 3.74. The molecule has 1 aromatic carbocycles. The maximum atomic E-state index is 12.4. The van der Waals surface area contributed by atoms with Gasteiger partial charge in [0.15, 0.2) is 0 Å². The molecule has 24 heavy (non-hydrogen) atoms. The largest absolute Gasteiger partial charge is 0.374 e. The molecule has 1 atom stereocenters. The molecule has 2 aliphatic heterocycles. The van der Waals surface area contributed by atoms with Gasteiger partial charge < -0.3 is 15.0 Å². The zero-order valence-corrected chi connectivity index (χ0v) is 13.1. The van der Waals surface area contributed by atoms with Crippen LogP contribution in [0.4, 0.5) is 5.69 Å². The van der Waals surface area contributed by atoms with E-state index in [1.54, 1.807) is 6.20 Å². The van der Waals surface area contributed by atoms with Gasteiger partial charge in [-0.2, -0.15) is 0 Å². The molecular formula is C18H17N3O3. The highest BCUT2D eigenvalue weighted by molar-refractivity contribution is 6.04. The van der Waals surface area contributed by atoms with Gasteiger partial charge in [-0.1, -0.05) is 24.3 Å². The standard InChI is InChI=1S/C18H17N3O3/c22-16(9-21-15-6-2-1-4-12(15)8-17(21)23)20-14-11-24-10-13-5-3-7-19-18(13)14/h1-7,14H,8-11H2,(H,20,22). The van der Waals surface area contributed by atoms with Crippen molar-refractivity contribution < 1.29 is 14.3 Å². The van der Waals surface area contributed by atoms with Gasteiger partial charge in [-0.3, -0.25) is 14.6 Å². The summed E-state index contributed by atoms with van der Waals surface area (Å²) in [5.41, 5.74) is 3.60. The van der Waals surface area contributed by atoms with Crippen molar-refractivity contribution in [2.24, 2.45) is 0 Å². The minimum Gasteiger partial charge on any atom is -0.374 e. The number of nitrogens with zero attached hydrogens (tertiary/aromatic N) is 2. The summed E-state index contributed by atoms with van der Waals surface area (Å²) in [6.07, 6.45) is 2.06. The van der Waals surface area contributed by atoms with Crippen molar-refractivity contribution in [1.82, 2.24) is 10.3 Å². The molecule has 6 nitrogen and oxygen atoms in total. The summed E-state index contributed by atoms with van der Waals surface area (Å²) in [5.74, 6) is -0.267. The number of nitrogens with one attached hydrogen (secondary N) is 1. The second-order valence-electron chi connectivity index (χ2n) is 5.97. The van der Waals surface area contributed by atoms with Crippen LogP contribution in [0.3, 0.4) is 0 Å². The quantitative estimate of drug-likeness (QED) is 0.926. The van der Waals surface area contributed by atoms with Crippen LogP contribution < -0.4 is 10.2 Å². The first-order valence-corrected chi connectivity index (χ1v) is 7.91. The smallest absolute Gasteiger partial charge is 0.240 e. The first-order chi connectivity index (χ1) is 11.7. The first-order valence-electron chi connectivity index (χ1n) is 7.91. The normalized spacial score (nSPS) is 18.9. The molecular weight excluding hydrogens is 306 g/mol. The molecule has 2 aliphatic rings. The van der Waals surface area contributed by atoms with Crippen LogP contribution in [0.15, 0.2) is 42.6 Å². The maximum Gasteiger partial charge on any atom is 0.240 e. The average molecular weight is 323 g/mol. The third-order valence-electron chi connectivity index (χ3n) is 4.36. The second-order valence-corrected chi connectivity index (χ2v) is 5.97. The molecule has 4 rings (SSSR count). The lowest BCUT2D eigenvalue weighted by atomic mass is 10.1. The van der Waals surface area contributed by atoms with E-state index in [-0.39, 0.29) is 24.4 Å². The van der Waals surface area contributed by atoms with Crippen LogP contribution in [0, 0.1) is 0 Å². The summed E-state index contributed by atoms with van der Waals surface area (Å²) in [6, 6.07) is 11.1. The summed E-state index contributed by atoms with van der Waals surface area (Å²) < 4.78 is 5.52. The predicted octanol–water partition coefficient (Wildman–Crippen LogP) is 1.36. The number of ether oxygens (including phenoxy) is 1. The molecule has 6 heteroatoms. The van der Waals surface area contributed by atoms with Gasteiger partial charge in [-0.05, 0) is 17.7 Å². The first kappa shape index (κ1) is 14.8. The zero-order chi connectivity index (χ0) is 16.5. The third-order valence-corrected chi connectivity index (χ3v) is 4.36. The monoisotopic (exact) mass is 323 g/mol. The predicted molar refractivity (Wildman–Crippen MR) is 87.3 cm³/mol. The highest BCUT2D eigenvalue weighted by atomic mass is 16.5. The summed E-state index contributed by atoms with van der Waals surface area (Å²) >= 11 is 0. The molecule has 0 saturated carbocycles. The van der Waals surface area contributed by atoms with Crippen molar-refractivity contribution in [2.45, 2.75) is 19.1 Å². The lowest BCUT2D eigenvalue weighted by Crippen LogP contribution is -2.42. The van der Waals surface area contributed by atoms with Crippen molar-refractivity contribution in [3.8, 4) is 0 Å². The summed E-state index contributed by atoms with van der Waals surface area (Å²) in [4.78, 5) is 30.5. The number of hydrogen-bond acceptors (Lipinski definition) is 4. The van der Waals surface area contributed by atoms with Crippen LogP contribution in [-0.2, 0) is 27.4 Å². The molecule has 2 aromatic rings. The molecule has 0 aliphatic carbocycles. The Morgan fingerprint density at radius 3 is 3.00 bits per heavy atom. The van der Waals surface area contributed by atoms with Gasteiger partial charge in [0.1, 0.15) is 6.54 Å². The number of pyridine rings is 1. The molecule has 2 amide bonds. The molecule has 0 fully saturated rings. The Bertz CT molecular complexity index is 806. The Hall–Kier alpha value is -2.73. The molecule has 0 bridgehead atoms. The minimum absolute atomic E-state index is 0.00845. The van der Waals surface area contributed by atoms with E-state index in [2.05, 4.69) is 10.3 Å². The number of carbonyl (C=O) groups is 2. The molecule has 0 saturated heterocycles. The number of benzene rings is 1. The number of hydrogen-bond donors (Lipinski definition) is 1. The van der Waals surface area contributed by atoms with Crippen molar-refractivity contribution in [1.29, 1.82) is 0 Å². The molecule has 122 valence electrons. The third kappa shape index (κ3) is 2.65. The number of carbonyl (C=O) groups excluding carboxylic acids is 2. The number of rotatable bonds is 3. The Morgan fingerprint density at radius 1 is 1.25 bits per heavy atom. The fraction of sp³-hybridized carbons (Fsp3) is 0.278. The van der Waals surface area contributed by atoms with Crippen LogP contribution in [0.5, 0.6) is 0 Å². The van der Waals surface area contributed by atoms with Gasteiger partial charge in [-0.25, -0.2) is 0 Å². The van der Waals surface area contributed by atoms with Crippen molar-refractivity contribution in [3.05, 3.63) is 59.4 Å². The van der Waals surface area contributed by atoms with Gasteiger partial charge in [0.25, 0.3) is 0 Å². The number of para-hydroxylation sites is 1. The molecule has 1 N–H and O–H groups in total. The van der Waals surface area contributed by atoms with Crippen LogP contribution >= 0.6 is 0 Å². The number of aromatic nitrogens is 1. The van der Waals surface area contributed by atoms with E-state index in [1.807, 2.05) is 36.4 Å².